The first-order valence-corrected chi connectivity index (χ1v) is 12.6. The van der Waals surface area contributed by atoms with E-state index in [0.29, 0.717) is 5.75 Å². The van der Waals surface area contributed by atoms with Crippen molar-refractivity contribution in [2.75, 3.05) is 12.0 Å². The maximum Gasteiger partial charge on any atom is 0.326 e. The number of hydrogen-bond acceptors (Lipinski definition) is 7. The summed E-state index contributed by atoms with van der Waals surface area (Å²) < 4.78 is 0. The van der Waals surface area contributed by atoms with Crippen LogP contribution in [0.3, 0.4) is 0 Å². The molecular weight excluding hydrogens is 488 g/mol. The minimum atomic E-state index is -1.52. The summed E-state index contributed by atoms with van der Waals surface area (Å²) >= 11 is 1.48. The molecule has 0 fully saturated rings. The average Bonchev–Trinajstić information content (AvgIpc) is 3.23. The number of primary amides is 1. The number of thioether (sulfide) groups is 1. The highest BCUT2D eigenvalue weighted by Crippen LogP contribution is 2.18. The Morgan fingerprint density at radius 3 is 2.33 bits per heavy atom. The molecule has 0 saturated heterocycles. The van der Waals surface area contributed by atoms with Gasteiger partial charge in [-0.25, -0.2) is 4.79 Å². The summed E-state index contributed by atoms with van der Waals surface area (Å²) in [5.74, 6) is -3.75. The summed E-state index contributed by atoms with van der Waals surface area (Å²) in [6, 6.07) is 3.07. The van der Waals surface area contributed by atoms with E-state index in [1.807, 2.05) is 30.5 Å². The van der Waals surface area contributed by atoms with Crippen LogP contribution in [0.5, 0.6) is 0 Å². The van der Waals surface area contributed by atoms with Crippen LogP contribution in [0, 0.1) is 0 Å². The second kappa shape index (κ2) is 13.5. The van der Waals surface area contributed by atoms with Gasteiger partial charge < -0.3 is 37.5 Å². The van der Waals surface area contributed by atoms with Crippen molar-refractivity contribution < 1.29 is 29.1 Å². The summed E-state index contributed by atoms with van der Waals surface area (Å²) in [7, 11) is 0. The molecule has 13 heteroatoms. The molecule has 1 heterocycles. The lowest BCUT2D eigenvalue weighted by Gasteiger charge is -2.23. The first kappa shape index (κ1) is 28.7. The molecule has 9 N–H and O–H groups in total. The van der Waals surface area contributed by atoms with Gasteiger partial charge in [0.05, 0.1) is 12.5 Å². The Balaban J connectivity index is 2.00. The molecule has 12 nitrogen and oxygen atoms in total. The summed E-state index contributed by atoms with van der Waals surface area (Å²) in [4.78, 5) is 63.4. The van der Waals surface area contributed by atoms with Crippen LogP contribution >= 0.6 is 11.8 Å². The topological polar surface area (TPSA) is 209 Å². The predicted octanol–water partition coefficient (Wildman–Crippen LogP) is -0.775. The summed E-state index contributed by atoms with van der Waals surface area (Å²) in [6.45, 7) is 1.35. The molecule has 2 aromatic rings. The first-order valence-electron chi connectivity index (χ1n) is 11.2. The zero-order valence-electron chi connectivity index (χ0n) is 20.1. The van der Waals surface area contributed by atoms with E-state index in [0.717, 1.165) is 16.5 Å². The van der Waals surface area contributed by atoms with Gasteiger partial charge in [0.2, 0.25) is 23.6 Å². The molecule has 0 spiro atoms. The molecule has 0 aliphatic rings. The van der Waals surface area contributed by atoms with Crippen molar-refractivity contribution in [1.82, 2.24) is 20.9 Å². The monoisotopic (exact) mass is 520 g/mol. The smallest absolute Gasteiger partial charge is 0.326 e. The van der Waals surface area contributed by atoms with Crippen LogP contribution in [0.15, 0.2) is 30.5 Å². The van der Waals surface area contributed by atoms with Crippen molar-refractivity contribution >= 4 is 52.3 Å². The molecule has 0 saturated carbocycles. The molecular formula is C23H32N6O6S. The minimum Gasteiger partial charge on any atom is -0.480 e. The Hall–Kier alpha value is -3.58. The fourth-order valence-electron chi connectivity index (χ4n) is 3.49. The number of aromatic amines is 1. The molecule has 36 heavy (non-hydrogen) atoms. The Bertz CT molecular complexity index is 1110. The van der Waals surface area contributed by atoms with Crippen LogP contribution in [0.1, 0.15) is 25.3 Å². The number of carboxylic acids is 1. The second-order valence-electron chi connectivity index (χ2n) is 8.31. The van der Waals surface area contributed by atoms with Crippen LogP contribution in [-0.2, 0) is 30.4 Å². The van der Waals surface area contributed by atoms with Gasteiger partial charge in [0, 0.05) is 17.1 Å². The zero-order valence-corrected chi connectivity index (χ0v) is 20.9. The number of benzene rings is 1. The van der Waals surface area contributed by atoms with Crippen molar-refractivity contribution in [3.05, 3.63) is 36.0 Å². The van der Waals surface area contributed by atoms with E-state index in [2.05, 4.69) is 20.9 Å². The van der Waals surface area contributed by atoms with Gasteiger partial charge in [-0.15, -0.1) is 0 Å². The molecule has 2 rings (SSSR count). The number of nitrogens with one attached hydrogen (secondary N) is 4. The number of aromatic nitrogens is 1. The van der Waals surface area contributed by atoms with Crippen LogP contribution < -0.4 is 27.4 Å². The van der Waals surface area contributed by atoms with E-state index in [1.54, 1.807) is 6.20 Å². The molecule has 0 bridgehead atoms. The molecule has 0 aliphatic carbocycles. The second-order valence-corrected chi connectivity index (χ2v) is 9.30. The third-order valence-corrected chi connectivity index (χ3v) is 6.11. The van der Waals surface area contributed by atoms with Gasteiger partial charge in [0.25, 0.3) is 0 Å². The van der Waals surface area contributed by atoms with Gasteiger partial charge in [0.15, 0.2) is 0 Å². The number of nitrogens with two attached hydrogens (primary N) is 2. The summed E-state index contributed by atoms with van der Waals surface area (Å²) in [5, 5.41) is 17.4. The Kier molecular flexibility index (Phi) is 10.7. The normalized spacial score (nSPS) is 14.3. The highest BCUT2D eigenvalue weighted by Gasteiger charge is 2.29. The SMILES string of the molecule is CSCCC(NC(=O)C(N)Cc1c[nH]c2ccccc12)C(=O)NC(C)C(=O)NC(CC(N)=O)C(=O)O. The summed E-state index contributed by atoms with van der Waals surface area (Å²) in [6.07, 6.45) is 3.58. The van der Waals surface area contributed by atoms with Crippen LogP contribution in [0.4, 0.5) is 0 Å². The largest absolute Gasteiger partial charge is 0.480 e. The van der Waals surface area contributed by atoms with Crippen LogP contribution in [0.25, 0.3) is 10.9 Å². The maximum absolute atomic E-state index is 12.9. The quantitative estimate of drug-likeness (QED) is 0.168. The van der Waals surface area contributed by atoms with E-state index in [-0.39, 0.29) is 12.8 Å². The van der Waals surface area contributed by atoms with Crippen LogP contribution in [0.2, 0.25) is 0 Å². The molecule has 1 aromatic carbocycles. The number of amides is 4. The maximum atomic E-state index is 12.9. The highest BCUT2D eigenvalue weighted by molar-refractivity contribution is 7.98. The number of hydrogen-bond donors (Lipinski definition) is 7. The fourth-order valence-corrected chi connectivity index (χ4v) is 3.96. The Morgan fingerprint density at radius 1 is 1.03 bits per heavy atom. The zero-order chi connectivity index (χ0) is 26.8. The van der Waals surface area contributed by atoms with Crippen molar-refractivity contribution in [1.29, 1.82) is 0 Å². The third-order valence-electron chi connectivity index (χ3n) is 5.47. The summed E-state index contributed by atoms with van der Waals surface area (Å²) in [5.41, 5.74) is 12.9. The number of carboxylic acid groups (broad SMARTS) is 1. The van der Waals surface area contributed by atoms with Gasteiger partial charge in [-0.05, 0) is 43.4 Å². The third kappa shape index (κ3) is 8.27. The fraction of sp³-hybridized carbons (Fsp3) is 0.435. The molecule has 4 unspecified atom stereocenters. The molecule has 0 aliphatic heterocycles. The lowest BCUT2D eigenvalue weighted by Crippen LogP contribution is -2.56. The van der Waals surface area contributed by atoms with E-state index in [4.69, 9.17) is 16.6 Å². The van der Waals surface area contributed by atoms with Gasteiger partial charge in [-0.3, -0.25) is 19.2 Å². The molecule has 196 valence electrons. The van der Waals surface area contributed by atoms with E-state index in [9.17, 15) is 24.0 Å². The number of rotatable bonds is 14. The van der Waals surface area contributed by atoms with E-state index < -0.39 is 60.2 Å². The average molecular weight is 521 g/mol. The molecule has 4 amide bonds. The minimum absolute atomic E-state index is 0.252. The number of H-pyrrole nitrogens is 1. The molecule has 1 aromatic heterocycles. The standard InChI is InChI=1S/C23H32N6O6S/c1-12(20(31)29-18(23(34)35)10-19(25)30)27-22(33)17(7-8-36-2)28-21(32)15(24)9-13-11-26-16-6-4-3-5-14(13)16/h3-6,11-12,15,17-18,26H,7-10,24H2,1-2H3,(H2,25,30)(H,27,33)(H,28,32)(H,29,31)(H,34,35). The number of para-hydroxylation sites is 1. The van der Waals surface area contributed by atoms with Gasteiger partial charge in [0.1, 0.15) is 18.1 Å². The van der Waals surface area contributed by atoms with Gasteiger partial charge in [-0.1, -0.05) is 18.2 Å². The Morgan fingerprint density at radius 2 is 1.69 bits per heavy atom. The molecule has 4 atom stereocenters. The highest BCUT2D eigenvalue weighted by atomic mass is 32.2. The Labute approximate surface area is 212 Å². The lowest BCUT2D eigenvalue weighted by atomic mass is 10.0. The number of fused-ring (bicyclic) bond motifs is 1. The van der Waals surface area contributed by atoms with Crippen molar-refractivity contribution in [2.45, 2.75) is 50.4 Å². The van der Waals surface area contributed by atoms with Crippen molar-refractivity contribution in [3.8, 4) is 0 Å². The molecule has 0 radical (unpaired) electrons. The van der Waals surface area contributed by atoms with Crippen molar-refractivity contribution in [3.63, 3.8) is 0 Å². The van der Waals surface area contributed by atoms with Gasteiger partial charge in [-0.2, -0.15) is 11.8 Å². The van der Waals surface area contributed by atoms with E-state index in [1.165, 1.54) is 18.7 Å². The predicted molar refractivity (Wildman–Crippen MR) is 136 cm³/mol. The van der Waals surface area contributed by atoms with Gasteiger partial charge >= 0.3 is 5.97 Å². The number of carbonyl (C=O) groups is 5. The lowest BCUT2D eigenvalue weighted by molar-refractivity contribution is -0.143. The van der Waals surface area contributed by atoms with Crippen molar-refractivity contribution in [2.24, 2.45) is 11.5 Å². The first-order chi connectivity index (χ1) is 17.0. The van der Waals surface area contributed by atoms with E-state index >= 15 is 0 Å². The number of aliphatic carboxylic acids is 1. The van der Waals surface area contributed by atoms with Crippen LogP contribution in [-0.4, -0.2) is 75.9 Å². The number of carbonyl (C=O) groups excluding carboxylic acids is 4.